The Morgan fingerprint density at radius 2 is 2.06 bits per heavy atom. The van der Waals surface area contributed by atoms with Crippen LogP contribution in [0, 0.1) is 0 Å². The number of rotatable bonds is 8. The second-order valence-electron chi connectivity index (χ2n) is 4.45. The van der Waals surface area contributed by atoms with Gasteiger partial charge in [0.2, 0.25) is 0 Å². The molecule has 0 aliphatic heterocycles. The zero-order valence-corrected chi connectivity index (χ0v) is 11.2. The number of hydrogen-bond donors (Lipinski definition) is 0. The maximum Gasteiger partial charge on any atom is 0.122 e. The molecule has 0 bridgehead atoms. The van der Waals surface area contributed by atoms with Crippen molar-refractivity contribution >= 4 is 0 Å². The van der Waals surface area contributed by atoms with Crippen LogP contribution in [0.1, 0.15) is 43.7 Å². The van der Waals surface area contributed by atoms with Crippen molar-refractivity contribution in [1.82, 2.24) is 0 Å². The van der Waals surface area contributed by atoms with Crippen molar-refractivity contribution in [3.05, 3.63) is 42.0 Å². The van der Waals surface area contributed by atoms with Gasteiger partial charge in [0.15, 0.2) is 0 Å². The molecule has 0 unspecified atom stereocenters. The van der Waals surface area contributed by atoms with Crippen molar-refractivity contribution in [1.29, 1.82) is 0 Å². The van der Waals surface area contributed by atoms with Crippen molar-refractivity contribution < 1.29 is 4.74 Å². The van der Waals surface area contributed by atoms with Gasteiger partial charge in [0.25, 0.3) is 0 Å². The highest BCUT2D eigenvalue weighted by Crippen LogP contribution is 2.21. The lowest BCUT2D eigenvalue weighted by Gasteiger charge is -2.09. The lowest BCUT2D eigenvalue weighted by Crippen LogP contribution is -1.94. The van der Waals surface area contributed by atoms with Gasteiger partial charge in [-0.25, -0.2) is 0 Å². The van der Waals surface area contributed by atoms with Crippen molar-refractivity contribution in [2.75, 3.05) is 7.11 Å². The summed E-state index contributed by atoms with van der Waals surface area (Å²) in [6.45, 7) is 6.04. The van der Waals surface area contributed by atoms with Crippen LogP contribution in [0.15, 0.2) is 30.9 Å². The zero-order valence-electron chi connectivity index (χ0n) is 11.2. The van der Waals surface area contributed by atoms with E-state index in [9.17, 15) is 0 Å². The minimum Gasteiger partial charge on any atom is -0.496 e. The van der Waals surface area contributed by atoms with Crippen LogP contribution < -0.4 is 4.74 Å². The molecule has 0 aliphatic rings. The summed E-state index contributed by atoms with van der Waals surface area (Å²) in [4.78, 5) is 0. The van der Waals surface area contributed by atoms with Gasteiger partial charge in [-0.3, -0.25) is 0 Å². The van der Waals surface area contributed by atoms with Crippen LogP contribution in [0.5, 0.6) is 5.75 Å². The predicted octanol–water partition coefficient (Wildman–Crippen LogP) is 4.55. The second kappa shape index (κ2) is 7.94. The number of ether oxygens (including phenoxy) is 1. The van der Waals surface area contributed by atoms with E-state index < -0.39 is 0 Å². The van der Waals surface area contributed by atoms with E-state index in [-0.39, 0.29) is 0 Å². The molecule has 1 aromatic carbocycles. The zero-order chi connectivity index (χ0) is 12.5. The highest BCUT2D eigenvalue weighted by Gasteiger charge is 2.02. The molecule has 0 fully saturated rings. The van der Waals surface area contributed by atoms with Gasteiger partial charge in [-0.2, -0.15) is 0 Å². The van der Waals surface area contributed by atoms with Crippen molar-refractivity contribution in [2.45, 2.75) is 45.4 Å². The topological polar surface area (TPSA) is 9.23 Å². The van der Waals surface area contributed by atoms with E-state index in [2.05, 4.69) is 31.7 Å². The fraction of sp³-hybridized carbons (Fsp3) is 0.500. The minimum absolute atomic E-state index is 0.881. The Balaban J connectivity index is 2.60. The SMILES string of the molecule is C=CCc1cc(CCCCCC)ccc1OC. The summed E-state index contributed by atoms with van der Waals surface area (Å²) in [5.41, 5.74) is 2.66. The number of benzene rings is 1. The third kappa shape index (κ3) is 4.64. The molecule has 0 amide bonds. The fourth-order valence-corrected chi connectivity index (χ4v) is 2.06. The lowest BCUT2D eigenvalue weighted by atomic mass is 10.0. The Morgan fingerprint density at radius 1 is 1.24 bits per heavy atom. The summed E-state index contributed by atoms with van der Waals surface area (Å²) in [7, 11) is 1.73. The molecule has 1 rings (SSSR count). The average Bonchev–Trinajstić information content (AvgIpc) is 2.35. The van der Waals surface area contributed by atoms with Crippen LogP contribution in [-0.4, -0.2) is 7.11 Å². The smallest absolute Gasteiger partial charge is 0.122 e. The van der Waals surface area contributed by atoms with Crippen molar-refractivity contribution in [2.24, 2.45) is 0 Å². The maximum absolute atomic E-state index is 5.35. The summed E-state index contributed by atoms with van der Waals surface area (Å²) >= 11 is 0. The molecule has 0 radical (unpaired) electrons. The number of allylic oxidation sites excluding steroid dienone is 1. The van der Waals surface area contributed by atoms with Gasteiger partial charge in [-0.15, -0.1) is 6.58 Å². The molecule has 0 atom stereocenters. The van der Waals surface area contributed by atoms with E-state index in [1.807, 2.05) is 6.08 Å². The third-order valence-electron chi connectivity index (χ3n) is 3.03. The quantitative estimate of drug-likeness (QED) is 0.472. The largest absolute Gasteiger partial charge is 0.496 e. The Hall–Kier alpha value is -1.24. The molecule has 0 N–H and O–H groups in total. The third-order valence-corrected chi connectivity index (χ3v) is 3.03. The number of hydrogen-bond acceptors (Lipinski definition) is 1. The van der Waals surface area contributed by atoms with E-state index in [0.29, 0.717) is 0 Å². The molecule has 0 heterocycles. The Morgan fingerprint density at radius 3 is 2.71 bits per heavy atom. The van der Waals surface area contributed by atoms with E-state index >= 15 is 0 Å². The molecule has 1 nitrogen and oxygen atoms in total. The first-order chi connectivity index (χ1) is 8.31. The first-order valence-corrected chi connectivity index (χ1v) is 6.58. The minimum atomic E-state index is 0.881. The molecule has 1 heteroatoms. The Labute approximate surface area is 106 Å². The van der Waals surface area contributed by atoms with E-state index in [4.69, 9.17) is 4.74 Å². The monoisotopic (exact) mass is 232 g/mol. The van der Waals surface area contributed by atoms with Gasteiger partial charge in [-0.1, -0.05) is 44.4 Å². The van der Waals surface area contributed by atoms with Crippen LogP contribution in [0.4, 0.5) is 0 Å². The van der Waals surface area contributed by atoms with Crippen LogP contribution in [0.2, 0.25) is 0 Å². The fourth-order valence-electron chi connectivity index (χ4n) is 2.06. The Bertz CT molecular complexity index is 341. The van der Waals surface area contributed by atoms with Crippen LogP contribution in [0.3, 0.4) is 0 Å². The lowest BCUT2D eigenvalue weighted by molar-refractivity contribution is 0.410. The average molecular weight is 232 g/mol. The molecule has 0 saturated carbocycles. The molecule has 1 aromatic rings. The first-order valence-electron chi connectivity index (χ1n) is 6.58. The number of aryl methyl sites for hydroxylation is 1. The summed E-state index contributed by atoms with van der Waals surface area (Å²) in [6, 6.07) is 6.51. The molecular weight excluding hydrogens is 208 g/mol. The predicted molar refractivity (Wildman–Crippen MR) is 74.7 cm³/mol. The van der Waals surface area contributed by atoms with E-state index in [1.165, 1.54) is 43.2 Å². The van der Waals surface area contributed by atoms with Gasteiger partial charge in [-0.05, 0) is 36.5 Å². The van der Waals surface area contributed by atoms with Gasteiger partial charge < -0.3 is 4.74 Å². The van der Waals surface area contributed by atoms with Crippen LogP contribution >= 0.6 is 0 Å². The summed E-state index contributed by atoms with van der Waals surface area (Å²) in [6.07, 6.45) is 9.24. The van der Waals surface area contributed by atoms with Crippen LogP contribution in [-0.2, 0) is 12.8 Å². The van der Waals surface area contributed by atoms with Crippen molar-refractivity contribution in [3.8, 4) is 5.75 Å². The number of methoxy groups -OCH3 is 1. The molecular formula is C16H24O. The summed E-state index contributed by atoms with van der Waals surface area (Å²) in [5, 5.41) is 0. The molecule has 0 spiro atoms. The summed E-state index contributed by atoms with van der Waals surface area (Å²) < 4.78 is 5.35. The normalized spacial score (nSPS) is 10.2. The molecule has 17 heavy (non-hydrogen) atoms. The van der Waals surface area contributed by atoms with Crippen molar-refractivity contribution in [3.63, 3.8) is 0 Å². The van der Waals surface area contributed by atoms with Gasteiger partial charge >= 0.3 is 0 Å². The van der Waals surface area contributed by atoms with Gasteiger partial charge in [0.1, 0.15) is 5.75 Å². The molecule has 94 valence electrons. The van der Waals surface area contributed by atoms with Crippen LogP contribution in [0.25, 0.3) is 0 Å². The maximum atomic E-state index is 5.35. The first kappa shape index (κ1) is 13.8. The summed E-state index contributed by atoms with van der Waals surface area (Å²) in [5.74, 6) is 0.974. The highest BCUT2D eigenvalue weighted by atomic mass is 16.5. The second-order valence-corrected chi connectivity index (χ2v) is 4.45. The van der Waals surface area contributed by atoms with E-state index in [0.717, 1.165) is 12.2 Å². The molecule has 0 saturated heterocycles. The molecule has 0 aromatic heterocycles. The Kier molecular flexibility index (Phi) is 6.46. The highest BCUT2D eigenvalue weighted by molar-refractivity contribution is 5.38. The standard InChI is InChI=1S/C16H24O/c1-4-6-7-8-10-14-11-12-16(17-3)15(13-14)9-5-2/h5,11-13H,2,4,6-10H2,1,3H3. The molecule has 0 aliphatic carbocycles. The van der Waals surface area contributed by atoms with E-state index in [1.54, 1.807) is 7.11 Å². The van der Waals surface area contributed by atoms with Gasteiger partial charge in [0.05, 0.1) is 7.11 Å². The van der Waals surface area contributed by atoms with Gasteiger partial charge in [0, 0.05) is 0 Å². The number of unbranched alkanes of at least 4 members (excludes halogenated alkanes) is 3.